The number of fused-ring (bicyclic) bond motifs is 1. The summed E-state index contributed by atoms with van der Waals surface area (Å²) in [6.45, 7) is 0. The first-order chi connectivity index (χ1) is 8.78. The van der Waals surface area contributed by atoms with E-state index in [0.29, 0.717) is 5.65 Å². The predicted octanol–water partition coefficient (Wildman–Crippen LogP) is 1.70. The molecule has 1 N–H and O–H groups in total. The summed E-state index contributed by atoms with van der Waals surface area (Å²) in [4.78, 5) is 15.0. The van der Waals surface area contributed by atoms with Crippen LogP contribution in [0, 0.1) is 0 Å². The Balaban J connectivity index is 2.15. The highest BCUT2D eigenvalue weighted by atomic mass is 16.5. The van der Waals surface area contributed by atoms with Gasteiger partial charge >= 0.3 is 0 Å². The fraction of sp³-hybridized carbons (Fsp3) is 0.0769. The van der Waals surface area contributed by atoms with Gasteiger partial charge < -0.3 is 9.72 Å². The van der Waals surface area contributed by atoms with Crippen LogP contribution in [0.4, 0.5) is 0 Å². The molecule has 90 valence electrons. The summed E-state index contributed by atoms with van der Waals surface area (Å²) in [6, 6.07) is 10.8. The molecule has 18 heavy (non-hydrogen) atoms. The molecule has 0 aliphatic rings. The second kappa shape index (κ2) is 4.03. The average Bonchev–Trinajstić information content (AvgIpc) is 2.88. The van der Waals surface area contributed by atoms with Crippen molar-refractivity contribution in [3.8, 4) is 17.0 Å². The number of ether oxygens (including phenoxy) is 1. The summed E-state index contributed by atoms with van der Waals surface area (Å²) < 4.78 is 6.43. The largest absolute Gasteiger partial charge is 0.497 e. The summed E-state index contributed by atoms with van der Waals surface area (Å²) in [7, 11) is 1.62. The summed E-state index contributed by atoms with van der Waals surface area (Å²) >= 11 is 0. The molecule has 2 aromatic heterocycles. The minimum atomic E-state index is -0.153. The van der Waals surface area contributed by atoms with Gasteiger partial charge in [-0.15, -0.1) is 0 Å². The Hall–Kier alpha value is -2.56. The van der Waals surface area contributed by atoms with Crippen molar-refractivity contribution in [3.05, 3.63) is 52.9 Å². The highest BCUT2D eigenvalue weighted by molar-refractivity contribution is 5.62. The van der Waals surface area contributed by atoms with Crippen LogP contribution in [0.25, 0.3) is 16.9 Å². The van der Waals surface area contributed by atoms with Crippen LogP contribution < -0.4 is 10.3 Å². The molecule has 0 saturated heterocycles. The van der Waals surface area contributed by atoms with E-state index in [1.807, 2.05) is 24.3 Å². The number of rotatable bonds is 2. The number of hydrogen-bond donors (Lipinski definition) is 1. The van der Waals surface area contributed by atoms with Crippen molar-refractivity contribution in [1.82, 2.24) is 14.6 Å². The van der Waals surface area contributed by atoms with Gasteiger partial charge in [-0.05, 0) is 29.8 Å². The minimum Gasteiger partial charge on any atom is -0.497 e. The van der Waals surface area contributed by atoms with Gasteiger partial charge in [-0.25, -0.2) is 0 Å². The molecule has 0 radical (unpaired) electrons. The zero-order valence-electron chi connectivity index (χ0n) is 9.75. The molecule has 0 aliphatic heterocycles. The van der Waals surface area contributed by atoms with Crippen LogP contribution in [-0.2, 0) is 0 Å². The van der Waals surface area contributed by atoms with E-state index < -0.39 is 0 Å². The van der Waals surface area contributed by atoms with Crippen LogP contribution >= 0.6 is 0 Å². The smallest absolute Gasteiger partial charge is 0.274 e. The van der Waals surface area contributed by atoms with E-state index in [-0.39, 0.29) is 5.56 Å². The number of nitrogens with zero attached hydrogens (tertiary/aromatic N) is 2. The van der Waals surface area contributed by atoms with Gasteiger partial charge in [0.2, 0.25) is 0 Å². The lowest BCUT2D eigenvalue weighted by Gasteiger charge is -2.04. The summed E-state index contributed by atoms with van der Waals surface area (Å²) in [6.07, 6.45) is 1.59. The fourth-order valence-electron chi connectivity index (χ4n) is 1.86. The minimum absolute atomic E-state index is 0.153. The standard InChI is InChI=1S/C13H11N3O2/c1-18-10-4-2-9(3-5-10)11-8-13(17)16-12(15-11)6-7-14-16/h2-8,15H,1H3. The van der Waals surface area contributed by atoms with Gasteiger partial charge in [-0.3, -0.25) is 4.79 Å². The SMILES string of the molecule is COc1ccc(-c2cc(=O)n3nccc3[nH]2)cc1. The Morgan fingerprint density at radius 2 is 2.00 bits per heavy atom. The highest BCUT2D eigenvalue weighted by Gasteiger charge is 2.04. The van der Waals surface area contributed by atoms with Crippen LogP contribution in [0.5, 0.6) is 5.75 Å². The third-order valence-electron chi connectivity index (χ3n) is 2.78. The lowest BCUT2D eigenvalue weighted by atomic mass is 10.1. The third-order valence-corrected chi connectivity index (χ3v) is 2.78. The van der Waals surface area contributed by atoms with E-state index in [2.05, 4.69) is 10.1 Å². The molecule has 0 amide bonds. The zero-order chi connectivity index (χ0) is 12.5. The van der Waals surface area contributed by atoms with Gasteiger partial charge in [0.05, 0.1) is 19.0 Å². The van der Waals surface area contributed by atoms with Gasteiger partial charge in [-0.1, -0.05) is 0 Å². The highest BCUT2D eigenvalue weighted by Crippen LogP contribution is 2.19. The van der Waals surface area contributed by atoms with E-state index in [1.54, 1.807) is 19.4 Å². The zero-order valence-corrected chi connectivity index (χ0v) is 9.75. The maximum atomic E-state index is 11.8. The van der Waals surface area contributed by atoms with Crippen molar-refractivity contribution < 1.29 is 4.74 Å². The van der Waals surface area contributed by atoms with Crippen molar-refractivity contribution in [1.29, 1.82) is 0 Å². The maximum Gasteiger partial charge on any atom is 0.274 e. The first kappa shape index (κ1) is 10.6. The van der Waals surface area contributed by atoms with Crippen LogP contribution in [0.3, 0.4) is 0 Å². The molecule has 5 heteroatoms. The Morgan fingerprint density at radius 1 is 1.22 bits per heavy atom. The molecule has 2 heterocycles. The molecule has 0 aliphatic carbocycles. The lowest BCUT2D eigenvalue weighted by molar-refractivity contribution is 0.415. The van der Waals surface area contributed by atoms with Crippen LogP contribution in [0.2, 0.25) is 0 Å². The third kappa shape index (κ3) is 1.66. The van der Waals surface area contributed by atoms with Gasteiger partial charge in [0.25, 0.3) is 5.56 Å². The molecule has 5 nitrogen and oxygen atoms in total. The van der Waals surface area contributed by atoms with Crippen molar-refractivity contribution in [3.63, 3.8) is 0 Å². The average molecular weight is 241 g/mol. The molecule has 3 rings (SSSR count). The van der Waals surface area contributed by atoms with Crippen molar-refractivity contribution >= 4 is 5.65 Å². The van der Waals surface area contributed by atoms with E-state index in [4.69, 9.17) is 4.74 Å². The molecular weight excluding hydrogens is 230 g/mol. The predicted molar refractivity (Wildman–Crippen MR) is 67.8 cm³/mol. The Morgan fingerprint density at radius 3 is 2.72 bits per heavy atom. The van der Waals surface area contributed by atoms with Gasteiger partial charge in [0.1, 0.15) is 11.4 Å². The molecule has 0 atom stereocenters. The van der Waals surface area contributed by atoms with E-state index >= 15 is 0 Å². The topological polar surface area (TPSA) is 59.4 Å². The van der Waals surface area contributed by atoms with Crippen LogP contribution in [-0.4, -0.2) is 21.7 Å². The molecule has 1 aromatic carbocycles. The first-order valence-electron chi connectivity index (χ1n) is 5.49. The first-order valence-corrected chi connectivity index (χ1v) is 5.49. The molecule has 0 unspecified atom stereocenters. The number of benzene rings is 1. The Labute approximate surface area is 103 Å². The van der Waals surface area contributed by atoms with E-state index in [1.165, 1.54) is 10.6 Å². The molecule has 0 bridgehead atoms. The monoisotopic (exact) mass is 241 g/mol. The Bertz CT molecular complexity index is 741. The van der Waals surface area contributed by atoms with Gasteiger partial charge in [0.15, 0.2) is 0 Å². The van der Waals surface area contributed by atoms with Crippen LogP contribution in [0.1, 0.15) is 0 Å². The lowest BCUT2D eigenvalue weighted by Crippen LogP contribution is -2.13. The van der Waals surface area contributed by atoms with E-state index in [0.717, 1.165) is 17.0 Å². The second-order valence-corrected chi connectivity index (χ2v) is 3.88. The maximum absolute atomic E-state index is 11.8. The van der Waals surface area contributed by atoms with E-state index in [9.17, 15) is 4.79 Å². The molecular formula is C13H11N3O2. The van der Waals surface area contributed by atoms with Crippen molar-refractivity contribution in [2.24, 2.45) is 0 Å². The second-order valence-electron chi connectivity index (χ2n) is 3.88. The van der Waals surface area contributed by atoms with Gasteiger partial charge in [-0.2, -0.15) is 9.61 Å². The van der Waals surface area contributed by atoms with Crippen molar-refractivity contribution in [2.45, 2.75) is 0 Å². The number of aromatic amines is 1. The molecule has 3 aromatic rings. The normalized spacial score (nSPS) is 10.7. The summed E-state index contributed by atoms with van der Waals surface area (Å²) in [5, 5.41) is 3.93. The number of nitrogens with one attached hydrogen (secondary N) is 1. The Kier molecular flexibility index (Phi) is 2.37. The fourth-order valence-corrected chi connectivity index (χ4v) is 1.86. The number of H-pyrrole nitrogens is 1. The quantitative estimate of drug-likeness (QED) is 0.742. The van der Waals surface area contributed by atoms with Gasteiger partial charge in [0, 0.05) is 12.1 Å². The van der Waals surface area contributed by atoms with Crippen LogP contribution in [0.15, 0.2) is 47.4 Å². The summed E-state index contributed by atoms with van der Waals surface area (Å²) in [5.74, 6) is 0.784. The molecule has 0 fully saturated rings. The van der Waals surface area contributed by atoms with Crippen molar-refractivity contribution in [2.75, 3.05) is 7.11 Å². The molecule has 0 saturated carbocycles. The number of aromatic nitrogens is 3. The number of methoxy groups -OCH3 is 1. The molecule has 0 spiro atoms. The number of hydrogen-bond acceptors (Lipinski definition) is 3. The summed E-state index contributed by atoms with van der Waals surface area (Å²) in [5.41, 5.74) is 2.21.